The number of ether oxygens (including phenoxy) is 2. The van der Waals surface area contributed by atoms with Gasteiger partial charge in [-0.15, -0.1) is 0 Å². The van der Waals surface area contributed by atoms with Gasteiger partial charge in [-0.25, -0.2) is 4.98 Å². The zero-order valence-corrected chi connectivity index (χ0v) is 14.3. The number of methoxy groups -OCH3 is 2. The molecule has 1 aromatic carbocycles. The molecule has 0 N–H and O–H groups in total. The fraction of sp³-hybridized carbons (Fsp3) is 0.200. The van der Waals surface area contributed by atoms with Gasteiger partial charge < -0.3 is 14.4 Å². The Kier molecular flexibility index (Phi) is 3.98. The second-order valence-electron chi connectivity index (χ2n) is 5.84. The number of hydrogen-bond acceptors (Lipinski definition) is 5. The van der Waals surface area contributed by atoms with E-state index in [1.165, 1.54) is 11.1 Å². The minimum atomic E-state index is 0.578. The summed E-state index contributed by atoms with van der Waals surface area (Å²) in [7, 11) is 3.33. The first kappa shape index (κ1) is 15.4. The molecule has 2 aliphatic heterocycles. The predicted molar refractivity (Wildman–Crippen MR) is 97.8 cm³/mol. The normalized spacial score (nSPS) is 15.5. The Balaban J connectivity index is 1.82. The van der Waals surface area contributed by atoms with Crippen LogP contribution in [-0.2, 0) is 6.42 Å². The SMILES string of the molecule is COc1cccc(C2=NC=CN3CCc4c(OC)cccc4C3=C2)n1. The summed E-state index contributed by atoms with van der Waals surface area (Å²) < 4.78 is 10.8. The number of benzene rings is 1. The highest BCUT2D eigenvalue weighted by atomic mass is 16.5. The molecule has 0 saturated heterocycles. The molecular formula is C20H19N3O2. The van der Waals surface area contributed by atoms with Crippen molar-refractivity contribution in [2.24, 2.45) is 4.99 Å². The molecule has 2 aliphatic rings. The Hall–Kier alpha value is -3.08. The van der Waals surface area contributed by atoms with Gasteiger partial charge in [0, 0.05) is 36.1 Å². The van der Waals surface area contributed by atoms with Crippen LogP contribution < -0.4 is 9.47 Å². The lowest BCUT2D eigenvalue weighted by Crippen LogP contribution is -2.25. The highest BCUT2D eigenvalue weighted by molar-refractivity contribution is 6.11. The van der Waals surface area contributed by atoms with Crippen molar-refractivity contribution in [1.82, 2.24) is 9.88 Å². The first-order valence-electron chi connectivity index (χ1n) is 8.20. The molecule has 0 spiro atoms. The van der Waals surface area contributed by atoms with Gasteiger partial charge >= 0.3 is 0 Å². The van der Waals surface area contributed by atoms with E-state index in [9.17, 15) is 0 Å². The van der Waals surface area contributed by atoms with Crippen LogP contribution in [0, 0.1) is 0 Å². The highest BCUT2D eigenvalue weighted by Crippen LogP contribution is 2.35. The maximum atomic E-state index is 5.54. The number of hydrogen-bond donors (Lipinski definition) is 0. The summed E-state index contributed by atoms with van der Waals surface area (Å²) in [6.45, 7) is 0.893. The molecule has 0 fully saturated rings. The molecule has 25 heavy (non-hydrogen) atoms. The fourth-order valence-electron chi connectivity index (χ4n) is 3.25. The second kappa shape index (κ2) is 6.43. The van der Waals surface area contributed by atoms with Gasteiger partial charge in [0.15, 0.2) is 0 Å². The number of aliphatic imine (C=N–C) groups is 1. The number of rotatable bonds is 3. The summed E-state index contributed by atoms with van der Waals surface area (Å²) >= 11 is 0. The third-order valence-electron chi connectivity index (χ3n) is 4.47. The van der Waals surface area contributed by atoms with Gasteiger partial charge in [0.1, 0.15) is 5.75 Å². The van der Waals surface area contributed by atoms with Crippen molar-refractivity contribution in [1.29, 1.82) is 0 Å². The van der Waals surface area contributed by atoms with Crippen molar-refractivity contribution in [3.05, 3.63) is 71.7 Å². The number of aromatic nitrogens is 1. The van der Waals surface area contributed by atoms with Crippen LogP contribution >= 0.6 is 0 Å². The summed E-state index contributed by atoms with van der Waals surface area (Å²) in [4.78, 5) is 11.3. The zero-order chi connectivity index (χ0) is 17.2. The van der Waals surface area contributed by atoms with E-state index in [0.29, 0.717) is 5.88 Å². The van der Waals surface area contributed by atoms with Crippen molar-refractivity contribution in [3.8, 4) is 11.6 Å². The third-order valence-corrected chi connectivity index (χ3v) is 4.47. The summed E-state index contributed by atoms with van der Waals surface area (Å²) in [6.07, 6.45) is 6.86. The van der Waals surface area contributed by atoms with Crippen molar-refractivity contribution in [2.45, 2.75) is 6.42 Å². The molecule has 0 aliphatic carbocycles. The second-order valence-corrected chi connectivity index (χ2v) is 5.84. The van der Waals surface area contributed by atoms with Crippen LogP contribution in [0.25, 0.3) is 5.70 Å². The van der Waals surface area contributed by atoms with E-state index in [1.54, 1.807) is 14.2 Å². The van der Waals surface area contributed by atoms with Crippen LogP contribution in [0.4, 0.5) is 0 Å². The topological polar surface area (TPSA) is 47.0 Å². The first-order chi connectivity index (χ1) is 12.3. The van der Waals surface area contributed by atoms with Crippen molar-refractivity contribution >= 4 is 11.4 Å². The van der Waals surface area contributed by atoms with Gasteiger partial charge in [0.25, 0.3) is 0 Å². The maximum Gasteiger partial charge on any atom is 0.213 e. The van der Waals surface area contributed by atoms with E-state index >= 15 is 0 Å². The van der Waals surface area contributed by atoms with Gasteiger partial charge in [0.2, 0.25) is 5.88 Å². The summed E-state index contributed by atoms with van der Waals surface area (Å²) in [5.74, 6) is 1.51. The molecule has 5 nitrogen and oxygen atoms in total. The number of allylic oxidation sites excluding steroid dienone is 1. The molecule has 0 unspecified atom stereocenters. The Bertz CT molecular complexity index is 900. The van der Waals surface area contributed by atoms with E-state index in [0.717, 1.165) is 35.8 Å². The fourth-order valence-corrected chi connectivity index (χ4v) is 3.25. The molecule has 126 valence electrons. The van der Waals surface area contributed by atoms with Gasteiger partial charge in [-0.1, -0.05) is 18.2 Å². The lowest BCUT2D eigenvalue weighted by Gasteiger charge is -2.30. The molecule has 0 atom stereocenters. The molecule has 4 rings (SSSR count). The molecule has 0 radical (unpaired) electrons. The van der Waals surface area contributed by atoms with E-state index in [1.807, 2.05) is 42.7 Å². The van der Waals surface area contributed by atoms with Crippen molar-refractivity contribution in [3.63, 3.8) is 0 Å². The Morgan fingerprint density at radius 3 is 2.76 bits per heavy atom. The Morgan fingerprint density at radius 2 is 1.92 bits per heavy atom. The van der Waals surface area contributed by atoms with E-state index in [-0.39, 0.29) is 0 Å². The van der Waals surface area contributed by atoms with Crippen LogP contribution in [0.15, 0.2) is 59.9 Å². The standard InChI is InChI=1S/C20H19N3O2/c1-24-19-7-3-5-14-15(19)9-11-23-12-10-21-17(13-18(14)23)16-6-4-8-20(22-16)25-2/h3-8,10,12-13H,9,11H2,1-2H3. The summed E-state index contributed by atoms with van der Waals surface area (Å²) in [5, 5.41) is 0. The van der Waals surface area contributed by atoms with Gasteiger partial charge in [-0.05, 0) is 24.6 Å². The average molecular weight is 333 g/mol. The smallest absolute Gasteiger partial charge is 0.213 e. The molecule has 3 heterocycles. The van der Waals surface area contributed by atoms with Crippen molar-refractivity contribution in [2.75, 3.05) is 20.8 Å². The minimum Gasteiger partial charge on any atom is -0.496 e. The molecular weight excluding hydrogens is 314 g/mol. The lowest BCUT2D eigenvalue weighted by atomic mass is 9.94. The van der Waals surface area contributed by atoms with E-state index in [2.05, 4.69) is 27.0 Å². The molecule has 2 aromatic rings. The summed E-state index contributed by atoms with van der Waals surface area (Å²) in [6, 6.07) is 11.9. The highest BCUT2D eigenvalue weighted by Gasteiger charge is 2.24. The minimum absolute atomic E-state index is 0.578. The average Bonchev–Trinajstić information content (AvgIpc) is 2.90. The molecule has 0 bridgehead atoms. The Labute approximate surface area is 146 Å². The van der Waals surface area contributed by atoms with E-state index < -0.39 is 0 Å². The van der Waals surface area contributed by atoms with Crippen LogP contribution in [0.5, 0.6) is 11.6 Å². The number of nitrogens with zero attached hydrogens (tertiary/aromatic N) is 3. The maximum absolute atomic E-state index is 5.54. The zero-order valence-electron chi connectivity index (χ0n) is 14.3. The quantitative estimate of drug-likeness (QED) is 0.865. The van der Waals surface area contributed by atoms with Crippen LogP contribution in [0.1, 0.15) is 16.8 Å². The monoisotopic (exact) mass is 333 g/mol. The first-order valence-corrected chi connectivity index (χ1v) is 8.20. The number of fused-ring (bicyclic) bond motifs is 3. The van der Waals surface area contributed by atoms with Crippen molar-refractivity contribution < 1.29 is 9.47 Å². The van der Waals surface area contributed by atoms with Gasteiger partial charge in [-0.2, -0.15) is 0 Å². The largest absolute Gasteiger partial charge is 0.496 e. The summed E-state index contributed by atoms with van der Waals surface area (Å²) in [5.41, 5.74) is 5.11. The van der Waals surface area contributed by atoms with Gasteiger partial charge in [0.05, 0.1) is 31.3 Å². The Morgan fingerprint density at radius 1 is 1.04 bits per heavy atom. The van der Waals surface area contributed by atoms with Crippen LogP contribution in [-0.4, -0.2) is 36.4 Å². The van der Waals surface area contributed by atoms with Crippen LogP contribution in [0.3, 0.4) is 0 Å². The van der Waals surface area contributed by atoms with E-state index in [4.69, 9.17) is 9.47 Å². The lowest BCUT2D eigenvalue weighted by molar-refractivity contribution is 0.397. The van der Waals surface area contributed by atoms with Crippen LogP contribution in [0.2, 0.25) is 0 Å². The predicted octanol–water partition coefficient (Wildman–Crippen LogP) is 3.27. The third kappa shape index (κ3) is 2.78. The van der Waals surface area contributed by atoms with Gasteiger partial charge in [-0.3, -0.25) is 4.99 Å². The molecule has 5 heteroatoms. The molecule has 0 saturated carbocycles. The molecule has 1 aromatic heterocycles. The molecule has 0 amide bonds. The number of pyridine rings is 1.